The Kier molecular flexibility index (Phi) is 4.31. The van der Waals surface area contributed by atoms with Crippen molar-refractivity contribution in [3.05, 3.63) is 24.0 Å². The van der Waals surface area contributed by atoms with Gasteiger partial charge in [-0.25, -0.2) is 0 Å². The molecule has 1 aliphatic rings. The Labute approximate surface area is 107 Å². The maximum Gasteiger partial charge on any atom is 0.170 e. The zero-order valence-corrected chi connectivity index (χ0v) is 10.9. The Hall–Kier alpha value is -1.42. The van der Waals surface area contributed by atoms with E-state index in [0.717, 1.165) is 12.8 Å². The van der Waals surface area contributed by atoms with Crippen LogP contribution in [0.1, 0.15) is 37.0 Å². The van der Waals surface area contributed by atoms with Crippen molar-refractivity contribution in [2.24, 2.45) is 5.92 Å². The quantitative estimate of drug-likeness (QED) is 0.752. The summed E-state index contributed by atoms with van der Waals surface area (Å²) in [5.74, 6) is 0.719. The van der Waals surface area contributed by atoms with Gasteiger partial charge in [-0.15, -0.1) is 0 Å². The number of Topliss-reactive ketones (excluding diaryl/α,β-unsaturated/α-hetero) is 1. The van der Waals surface area contributed by atoms with Gasteiger partial charge in [-0.1, -0.05) is 6.92 Å². The third kappa shape index (κ3) is 2.88. The number of hydrogen-bond donors (Lipinski definition) is 0. The van der Waals surface area contributed by atoms with Gasteiger partial charge in [0.25, 0.3) is 0 Å². The molecule has 2 heterocycles. The maximum absolute atomic E-state index is 12.3. The first-order valence-corrected chi connectivity index (χ1v) is 6.46. The van der Waals surface area contributed by atoms with Crippen molar-refractivity contribution in [2.75, 3.05) is 13.2 Å². The summed E-state index contributed by atoms with van der Waals surface area (Å²) >= 11 is 0. The molecule has 1 aliphatic heterocycles. The second kappa shape index (κ2) is 5.96. The van der Waals surface area contributed by atoms with Crippen LogP contribution in [0.15, 0.2) is 18.5 Å². The van der Waals surface area contributed by atoms with Crippen LogP contribution in [0.2, 0.25) is 0 Å². The van der Waals surface area contributed by atoms with Crippen molar-refractivity contribution in [3.8, 4) is 5.75 Å². The molecule has 0 bridgehead atoms. The van der Waals surface area contributed by atoms with Crippen molar-refractivity contribution in [3.63, 3.8) is 0 Å². The number of rotatable bonds is 5. The van der Waals surface area contributed by atoms with Crippen LogP contribution in [0.3, 0.4) is 0 Å². The standard InChI is InChI=1S/C14H19NO3/c1-3-5-18-12-7-11(8-15-9-12)14(16)13-4-6-17-10(13)2/h7-10,13H,3-6H2,1-2H3. The summed E-state index contributed by atoms with van der Waals surface area (Å²) in [6, 6.07) is 1.77. The largest absolute Gasteiger partial charge is 0.492 e. The molecule has 1 fully saturated rings. The van der Waals surface area contributed by atoms with Gasteiger partial charge in [0, 0.05) is 18.4 Å². The molecular weight excluding hydrogens is 230 g/mol. The topological polar surface area (TPSA) is 48.4 Å². The minimum Gasteiger partial charge on any atom is -0.492 e. The van der Waals surface area contributed by atoms with Crippen LogP contribution in [-0.4, -0.2) is 30.1 Å². The molecule has 0 amide bonds. The van der Waals surface area contributed by atoms with Crippen molar-refractivity contribution in [1.29, 1.82) is 0 Å². The predicted octanol–water partition coefficient (Wildman–Crippen LogP) is 2.48. The van der Waals surface area contributed by atoms with E-state index in [4.69, 9.17) is 9.47 Å². The third-order valence-electron chi connectivity index (χ3n) is 3.18. The van der Waals surface area contributed by atoms with Crippen LogP contribution in [0, 0.1) is 5.92 Å². The summed E-state index contributed by atoms with van der Waals surface area (Å²) in [6.07, 6.45) is 4.97. The third-order valence-corrected chi connectivity index (χ3v) is 3.18. The first kappa shape index (κ1) is 13.0. The maximum atomic E-state index is 12.3. The number of carbonyl (C=O) groups is 1. The van der Waals surface area contributed by atoms with Gasteiger partial charge in [0.05, 0.1) is 24.8 Å². The van der Waals surface area contributed by atoms with E-state index < -0.39 is 0 Å². The number of aromatic nitrogens is 1. The molecule has 0 saturated carbocycles. The van der Waals surface area contributed by atoms with Crippen LogP contribution in [0.25, 0.3) is 0 Å². The van der Waals surface area contributed by atoms with Gasteiger partial charge >= 0.3 is 0 Å². The lowest BCUT2D eigenvalue weighted by Gasteiger charge is -2.13. The van der Waals surface area contributed by atoms with E-state index in [-0.39, 0.29) is 17.8 Å². The van der Waals surface area contributed by atoms with E-state index in [2.05, 4.69) is 4.98 Å². The number of ether oxygens (including phenoxy) is 2. The number of nitrogens with zero attached hydrogens (tertiary/aromatic N) is 1. The molecule has 0 N–H and O–H groups in total. The fraction of sp³-hybridized carbons (Fsp3) is 0.571. The van der Waals surface area contributed by atoms with E-state index in [1.54, 1.807) is 18.5 Å². The highest BCUT2D eigenvalue weighted by atomic mass is 16.5. The summed E-state index contributed by atoms with van der Waals surface area (Å²) in [6.45, 7) is 5.29. The lowest BCUT2D eigenvalue weighted by atomic mass is 9.93. The molecule has 2 unspecified atom stereocenters. The molecule has 0 radical (unpaired) electrons. The molecule has 0 aromatic carbocycles. The highest BCUT2D eigenvalue weighted by molar-refractivity contribution is 5.98. The van der Waals surface area contributed by atoms with Crippen molar-refractivity contribution in [1.82, 2.24) is 4.98 Å². The number of carbonyl (C=O) groups excluding carboxylic acids is 1. The molecule has 0 aliphatic carbocycles. The van der Waals surface area contributed by atoms with Gasteiger partial charge in [0.2, 0.25) is 0 Å². The van der Waals surface area contributed by atoms with Crippen LogP contribution < -0.4 is 4.74 Å². The van der Waals surface area contributed by atoms with E-state index in [0.29, 0.717) is 24.5 Å². The summed E-state index contributed by atoms with van der Waals surface area (Å²) in [5.41, 5.74) is 0.617. The van der Waals surface area contributed by atoms with Crippen molar-refractivity contribution < 1.29 is 14.3 Å². The first-order chi connectivity index (χ1) is 8.72. The SMILES string of the molecule is CCCOc1cncc(C(=O)C2CCOC2C)c1. The molecule has 1 aromatic rings. The van der Waals surface area contributed by atoms with Crippen molar-refractivity contribution in [2.45, 2.75) is 32.8 Å². The zero-order chi connectivity index (χ0) is 13.0. The number of hydrogen-bond acceptors (Lipinski definition) is 4. The van der Waals surface area contributed by atoms with Crippen molar-refractivity contribution >= 4 is 5.78 Å². The van der Waals surface area contributed by atoms with Gasteiger partial charge < -0.3 is 9.47 Å². The van der Waals surface area contributed by atoms with E-state index >= 15 is 0 Å². The lowest BCUT2D eigenvalue weighted by molar-refractivity contribution is 0.0763. The molecule has 18 heavy (non-hydrogen) atoms. The monoisotopic (exact) mass is 249 g/mol. The second-order valence-corrected chi connectivity index (χ2v) is 4.59. The minimum absolute atomic E-state index is 0.00211. The van der Waals surface area contributed by atoms with Crippen LogP contribution in [0.4, 0.5) is 0 Å². The number of ketones is 1. The smallest absolute Gasteiger partial charge is 0.170 e. The van der Waals surface area contributed by atoms with Crippen LogP contribution in [0.5, 0.6) is 5.75 Å². The zero-order valence-electron chi connectivity index (χ0n) is 10.9. The average Bonchev–Trinajstić information content (AvgIpc) is 2.82. The molecule has 1 saturated heterocycles. The Morgan fingerprint density at radius 1 is 1.56 bits per heavy atom. The normalized spacial score (nSPS) is 23.0. The molecular formula is C14H19NO3. The second-order valence-electron chi connectivity index (χ2n) is 4.59. The van der Waals surface area contributed by atoms with Gasteiger partial charge in [0.15, 0.2) is 5.78 Å². The Balaban J connectivity index is 2.10. The Morgan fingerprint density at radius 2 is 2.39 bits per heavy atom. The Bertz CT molecular complexity index is 419. The number of pyridine rings is 1. The summed E-state index contributed by atoms with van der Waals surface area (Å²) in [4.78, 5) is 16.4. The minimum atomic E-state index is -0.0479. The Morgan fingerprint density at radius 3 is 3.06 bits per heavy atom. The molecule has 2 rings (SSSR count). The fourth-order valence-electron chi connectivity index (χ4n) is 2.14. The predicted molar refractivity (Wildman–Crippen MR) is 67.9 cm³/mol. The highest BCUT2D eigenvalue weighted by Crippen LogP contribution is 2.25. The molecule has 0 spiro atoms. The lowest BCUT2D eigenvalue weighted by Crippen LogP contribution is -2.21. The van der Waals surface area contributed by atoms with E-state index in [1.807, 2.05) is 13.8 Å². The van der Waals surface area contributed by atoms with Gasteiger partial charge in [-0.05, 0) is 25.8 Å². The summed E-state index contributed by atoms with van der Waals surface area (Å²) < 4.78 is 10.9. The molecule has 1 aromatic heterocycles. The molecule has 98 valence electrons. The van der Waals surface area contributed by atoms with Gasteiger partial charge in [-0.3, -0.25) is 9.78 Å². The molecule has 4 nitrogen and oxygen atoms in total. The first-order valence-electron chi connectivity index (χ1n) is 6.46. The van der Waals surface area contributed by atoms with Gasteiger partial charge in [0.1, 0.15) is 5.75 Å². The summed E-state index contributed by atoms with van der Waals surface area (Å²) in [7, 11) is 0. The van der Waals surface area contributed by atoms with Crippen LogP contribution >= 0.6 is 0 Å². The van der Waals surface area contributed by atoms with E-state index in [1.165, 1.54) is 0 Å². The molecule has 2 atom stereocenters. The fourth-order valence-corrected chi connectivity index (χ4v) is 2.14. The van der Waals surface area contributed by atoms with Crippen LogP contribution in [-0.2, 0) is 4.74 Å². The van der Waals surface area contributed by atoms with Gasteiger partial charge in [-0.2, -0.15) is 0 Å². The highest BCUT2D eigenvalue weighted by Gasteiger charge is 2.31. The summed E-state index contributed by atoms with van der Waals surface area (Å²) in [5, 5.41) is 0. The average molecular weight is 249 g/mol. The molecule has 4 heteroatoms. The van der Waals surface area contributed by atoms with E-state index in [9.17, 15) is 4.79 Å².